The Bertz CT molecular complexity index is 395. The van der Waals surface area contributed by atoms with Gasteiger partial charge in [-0.15, -0.1) is 0 Å². The Morgan fingerprint density at radius 2 is 1.90 bits per heavy atom. The second-order valence-corrected chi connectivity index (χ2v) is 5.70. The Morgan fingerprint density at radius 1 is 1.20 bits per heavy atom. The van der Waals surface area contributed by atoms with Crippen LogP contribution in [0.2, 0.25) is 0 Å². The first-order chi connectivity index (χ1) is 9.74. The van der Waals surface area contributed by atoms with Crippen molar-refractivity contribution in [1.29, 1.82) is 0 Å². The van der Waals surface area contributed by atoms with Gasteiger partial charge in [0.1, 0.15) is 0 Å². The molecule has 1 saturated heterocycles. The maximum absolute atomic E-state index is 3.46. The Hall–Kier alpha value is -0.900. The molecular formula is C17H29N3. The van der Waals surface area contributed by atoms with Crippen molar-refractivity contribution in [3.05, 3.63) is 35.4 Å². The summed E-state index contributed by atoms with van der Waals surface area (Å²) in [6, 6.07) is 9.56. The van der Waals surface area contributed by atoms with E-state index in [1.807, 2.05) is 0 Å². The predicted molar refractivity (Wildman–Crippen MR) is 86.2 cm³/mol. The summed E-state index contributed by atoms with van der Waals surface area (Å²) in [6.07, 6.45) is 0. The molecule has 3 heteroatoms. The average Bonchev–Trinajstić information content (AvgIpc) is 2.49. The minimum absolute atomic E-state index is 0.525. The summed E-state index contributed by atoms with van der Waals surface area (Å²) < 4.78 is 0. The van der Waals surface area contributed by atoms with Gasteiger partial charge in [-0.2, -0.15) is 0 Å². The van der Waals surface area contributed by atoms with Crippen molar-refractivity contribution in [2.24, 2.45) is 0 Å². The van der Waals surface area contributed by atoms with Gasteiger partial charge < -0.3 is 10.2 Å². The van der Waals surface area contributed by atoms with E-state index in [0.29, 0.717) is 6.04 Å². The lowest BCUT2D eigenvalue weighted by atomic mass is 10.0. The van der Waals surface area contributed by atoms with Gasteiger partial charge in [-0.05, 0) is 25.6 Å². The third-order valence-corrected chi connectivity index (χ3v) is 4.34. The number of nitrogens with one attached hydrogen (secondary N) is 1. The van der Waals surface area contributed by atoms with E-state index >= 15 is 0 Å². The molecule has 1 fully saturated rings. The Morgan fingerprint density at radius 3 is 2.50 bits per heavy atom. The van der Waals surface area contributed by atoms with Crippen LogP contribution in [0.15, 0.2) is 24.3 Å². The number of nitrogens with zero attached hydrogens (tertiary/aromatic N) is 2. The van der Waals surface area contributed by atoms with Gasteiger partial charge in [0.25, 0.3) is 0 Å². The highest BCUT2D eigenvalue weighted by atomic mass is 15.2. The molecule has 0 amide bonds. The number of aryl methyl sites for hydroxylation is 1. The fourth-order valence-electron chi connectivity index (χ4n) is 3.03. The molecule has 112 valence electrons. The van der Waals surface area contributed by atoms with Gasteiger partial charge in [0.15, 0.2) is 0 Å². The zero-order valence-corrected chi connectivity index (χ0v) is 13.2. The maximum Gasteiger partial charge on any atom is 0.0476 e. The molecule has 1 aromatic carbocycles. The quantitative estimate of drug-likeness (QED) is 0.859. The summed E-state index contributed by atoms with van der Waals surface area (Å²) in [4.78, 5) is 5.18. The zero-order valence-electron chi connectivity index (χ0n) is 13.2. The van der Waals surface area contributed by atoms with E-state index in [9.17, 15) is 0 Å². The van der Waals surface area contributed by atoms with Gasteiger partial charge in [0.05, 0.1) is 0 Å². The summed E-state index contributed by atoms with van der Waals surface area (Å²) in [5.41, 5.74) is 2.83. The third kappa shape index (κ3) is 4.05. The average molecular weight is 275 g/mol. The zero-order chi connectivity index (χ0) is 14.4. The normalized spacial score (nSPS) is 18.4. The molecule has 1 N–H and O–H groups in total. The minimum Gasteiger partial charge on any atom is -0.314 e. The Labute approximate surface area is 124 Å². The van der Waals surface area contributed by atoms with E-state index in [4.69, 9.17) is 0 Å². The molecule has 0 bridgehead atoms. The van der Waals surface area contributed by atoms with Gasteiger partial charge in [0.2, 0.25) is 0 Å². The van der Waals surface area contributed by atoms with Crippen molar-refractivity contribution in [3.63, 3.8) is 0 Å². The van der Waals surface area contributed by atoms with Crippen LogP contribution in [0.5, 0.6) is 0 Å². The number of piperazine rings is 1. The van der Waals surface area contributed by atoms with Crippen LogP contribution in [0.3, 0.4) is 0 Å². The molecule has 0 spiro atoms. The van der Waals surface area contributed by atoms with E-state index < -0.39 is 0 Å². The first kappa shape index (κ1) is 15.5. The van der Waals surface area contributed by atoms with Crippen molar-refractivity contribution in [2.75, 3.05) is 45.8 Å². The van der Waals surface area contributed by atoms with Gasteiger partial charge in [-0.1, -0.05) is 43.7 Å². The second kappa shape index (κ2) is 7.77. The minimum atomic E-state index is 0.525. The monoisotopic (exact) mass is 275 g/mol. The molecule has 1 unspecified atom stereocenters. The summed E-state index contributed by atoms with van der Waals surface area (Å²) >= 11 is 0. The van der Waals surface area contributed by atoms with Crippen LogP contribution in [-0.2, 0) is 0 Å². The smallest absolute Gasteiger partial charge is 0.0476 e. The summed E-state index contributed by atoms with van der Waals surface area (Å²) in [7, 11) is 0. The first-order valence-corrected chi connectivity index (χ1v) is 7.98. The van der Waals surface area contributed by atoms with E-state index in [-0.39, 0.29) is 0 Å². The molecule has 1 atom stereocenters. The first-order valence-electron chi connectivity index (χ1n) is 7.98. The van der Waals surface area contributed by atoms with Crippen molar-refractivity contribution < 1.29 is 0 Å². The van der Waals surface area contributed by atoms with Gasteiger partial charge in [-0.25, -0.2) is 0 Å². The molecule has 0 aromatic heterocycles. The van der Waals surface area contributed by atoms with Crippen LogP contribution in [0, 0.1) is 6.92 Å². The van der Waals surface area contributed by atoms with Crippen LogP contribution >= 0.6 is 0 Å². The third-order valence-electron chi connectivity index (χ3n) is 4.34. The molecule has 0 radical (unpaired) electrons. The van der Waals surface area contributed by atoms with Gasteiger partial charge in [0, 0.05) is 38.8 Å². The van der Waals surface area contributed by atoms with Crippen LogP contribution in [0.4, 0.5) is 0 Å². The lowest BCUT2D eigenvalue weighted by Crippen LogP contribution is -2.48. The highest BCUT2D eigenvalue weighted by Gasteiger charge is 2.23. The van der Waals surface area contributed by atoms with E-state index in [1.54, 1.807) is 0 Å². The summed E-state index contributed by atoms with van der Waals surface area (Å²) in [6.45, 7) is 14.6. The van der Waals surface area contributed by atoms with Gasteiger partial charge >= 0.3 is 0 Å². The van der Waals surface area contributed by atoms with Crippen LogP contribution in [-0.4, -0.2) is 55.6 Å². The van der Waals surface area contributed by atoms with Crippen molar-refractivity contribution in [3.8, 4) is 0 Å². The van der Waals surface area contributed by atoms with Crippen LogP contribution < -0.4 is 5.32 Å². The molecule has 1 heterocycles. The van der Waals surface area contributed by atoms with E-state index in [0.717, 1.165) is 45.8 Å². The fraction of sp³-hybridized carbons (Fsp3) is 0.647. The highest BCUT2D eigenvalue weighted by Crippen LogP contribution is 2.23. The molecule has 0 aliphatic carbocycles. The molecule has 1 aliphatic rings. The van der Waals surface area contributed by atoms with Crippen molar-refractivity contribution >= 4 is 0 Å². The van der Waals surface area contributed by atoms with Crippen molar-refractivity contribution in [1.82, 2.24) is 15.1 Å². The number of benzene rings is 1. The Kier molecular flexibility index (Phi) is 6.02. The molecule has 0 saturated carbocycles. The molecule has 1 aromatic rings. The lowest BCUT2D eigenvalue weighted by Gasteiger charge is -2.38. The summed E-state index contributed by atoms with van der Waals surface area (Å²) in [5.74, 6) is 0. The number of rotatable bonds is 6. The Balaban J connectivity index is 2.18. The number of likely N-dealkylation sites (N-methyl/N-ethyl adjacent to an activating group) is 1. The highest BCUT2D eigenvalue weighted by molar-refractivity contribution is 5.25. The predicted octanol–water partition coefficient (Wildman–Crippen LogP) is 2.28. The van der Waals surface area contributed by atoms with E-state index in [2.05, 4.69) is 60.2 Å². The molecule has 2 rings (SSSR count). The largest absolute Gasteiger partial charge is 0.314 e. The second-order valence-electron chi connectivity index (χ2n) is 5.70. The number of hydrogen-bond acceptors (Lipinski definition) is 3. The maximum atomic E-state index is 3.46. The fourth-order valence-corrected chi connectivity index (χ4v) is 3.03. The van der Waals surface area contributed by atoms with Gasteiger partial charge in [-0.3, -0.25) is 4.90 Å². The van der Waals surface area contributed by atoms with E-state index in [1.165, 1.54) is 11.1 Å². The lowest BCUT2D eigenvalue weighted by molar-refractivity contribution is 0.129. The molecule has 1 aliphatic heterocycles. The standard InChI is InChI=1S/C17H29N3/c1-4-19(5-2)14-17(20-11-9-18-10-12-20)16-8-6-7-15(3)13-16/h6-8,13,17-18H,4-5,9-12,14H2,1-3H3. The SMILES string of the molecule is CCN(CC)CC(c1cccc(C)c1)N1CCNCC1. The van der Waals surface area contributed by atoms with Crippen LogP contribution in [0.25, 0.3) is 0 Å². The molecular weight excluding hydrogens is 246 g/mol. The topological polar surface area (TPSA) is 18.5 Å². The number of hydrogen-bond donors (Lipinski definition) is 1. The van der Waals surface area contributed by atoms with Crippen molar-refractivity contribution in [2.45, 2.75) is 26.8 Å². The summed E-state index contributed by atoms with van der Waals surface area (Å²) in [5, 5.41) is 3.46. The van der Waals surface area contributed by atoms with Crippen LogP contribution in [0.1, 0.15) is 31.0 Å². The molecule has 3 nitrogen and oxygen atoms in total. The molecule has 20 heavy (non-hydrogen) atoms.